The van der Waals surface area contributed by atoms with Crippen molar-refractivity contribution in [3.05, 3.63) is 0 Å². The highest BCUT2D eigenvalue weighted by atomic mass is 28.3. The third-order valence-corrected chi connectivity index (χ3v) is 5.47. The van der Waals surface area contributed by atoms with Crippen LogP contribution in [0.15, 0.2) is 0 Å². The first-order chi connectivity index (χ1) is 6.49. The Morgan fingerprint density at radius 2 is 1.86 bits per heavy atom. The van der Waals surface area contributed by atoms with E-state index in [2.05, 4.69) is 25.0 Å². The predicted octanol–water partition coefficient (Wildman–Crippen LogP) is 3.25. The minimum absolute atomic E-state index is 0.729. The highest BCUT2D eigenvalue weighted by molar-refractivity contribution is 6.76. The van der Waals surface area contributed by atoms with Crippen molar-refractivity contribution in [2.75, 3.05) is 6.54 Å². The quantitative estimate of drug-likeness (QED) is 0.688. The van der Waals surface area contributed by atoms with Crippen LogP contribution in [0.3, 0.4) is 0 Å². The zero-order valence-corrected chi connectivity index (χ0v) is 11.0. The lowest BCUT2D eigenvalue weighted by Crippen LogP contribution is -2.45. The highest BCUT2D eigenvalue weighted by Crippen LogP contribution is 2.47. The molecule has 0 aromatic heterocycles. The molecule has 14 heavy (non-hydrogen) atoms. The average Bonchev–Trinajstić information content (AvgIpc) is 2.75. The van der Waals surface area contributed by atoms with Gasteiger partial charge in [0.2, 0.25) is 0 Å². The van der Waals surface area contributed by atoms with Crippen LogP contribution in [0.5, 0.6) is 0 Å². The number of rotatable bonds is 5. The molecule has 0 aromatic rings. The van der Waals surface area contributed by atoms with Gasteiger partial charge >= 0.3 is 0 Å². The Morgan fingerprint density at radius 1 is 1.21 bits per heavy atom. The van der Waals surface area contributed by atoms with Crippen molar-refractivity contribution >= 4 is 8.07 Å². The third-order valence-electron chi connectivity index (χ3n) is 3.66. The van der Waals surface area contributed by atoms with E-state index in [4.69, 9.17) is 0 Å². The van der Waals surface area contributed by atoms with Gasteiger partial charge in [0.25, 0.3) is 0 Å². The maximum absolute atomic E-state index is 3.74. The second-order valence-corrected chi connectivity index (χ2v) is 12.2. The molecule has 0 heterocycles. The van der Waals surface area contributed by atoms with Crippen LogP contribution in [0.2, 0.25) is 25.7 Å². The largest absolute Gasteiger partial charge is 0.313 e. The van der Waals surface area contributed by atoms with Gasteiger partial charge in [-0.1, -0.05) is 32.1 Å². The van der Waals surface area contributed by atoms with E-state index < -0.39 is 8.07 Å². The van der Waals surface area contributed by atoms with E-state index in [9.17, 15) is 0 Å². The molecular formula is C12H25NSi. The molecule has 0 radical (unpaired) electrons. The first-order valence-corrected chi connectivity index (χ1v) is 9.93. The molecule has 2 aliphatic carbocycles. The minimum atomic E-state index is -0.854. The summed E-state index contributed by atoms with van der Waals surface area (Å²) in [5.41, 5.74) is 0.729. The zero-order valence-electron chi connectivity index (χ0n) is 10.0. The SMILES string of the molecule is C[Si](C)(C)CC1(CNC2CC2)CCC1. The summed E-state index contributed by atoms with van der Waals surface area (Å²) in [6, 6.07) is 2.44. The molecule has 2 saturated carbocycles. The number of hydrogen-bond donors (Lipinski definition) is 1. The molecule has 1 N–H and O–H groups in total. The predicted molar refractivity (Wildman–Crippen MR) is 65.5 cm³/mol. The van der Waals surface area contributed by atoms with Gasteiger partial charge in [0.15, 0.2) is 0 Å². The second kappa shape index (κ2) is 3.64. The topological polar surface area (TPSA) is 12.0 Å². The summed E-state index contributed by atoms with van der Waals surface area (Å²) in [6.45, 7) is 8.88. The maximum Gasteiger partial charge on any atom is 0.0448 e. The van der Waals surface area contributed by atoms with Crippen molar-refractivity contribution in [3.8, 4) is 0 Å². The van der Waals surface area contributed by atoms with E-state index in [1.54, 1.807) is 6.04 Å². The smallest absolute Gasteiger partial charge is 0.0448 e. The highest BCUT2D eigenvalue weighted by Gasteiger charge is 2.41. The van der Waals surface area contributed by atoms with E-state index in [0.29, 0.717) is 0 Å². The van der Waals surface area contributed by atoms with Crippen molar-refractivity contribution in [3.63, 3.8) is 0 Å². The monoisotopic (exact) mass is 211 g/mol. The molecule has 1 nitrogen and oxygen atoms in total. The van der Waals surface area contributed by atoms with Crippen LogP contribution < -0.4 is 5.32 Å². The molecule has 0 saturated heterocycles. The average molecular weight is 211 g/mol. The van der Waals surface area contributed by atoms with Gasteiger partial charge in [-0.3, -0.25) is 0 Å². The normalized spacial score (nSPS) is 25.9. The number of hydrogen-bond acceptors (Lipinski definition) is 1. The van der Waals surface area contributed by atoms with Gasteiger partial charge < -0.3 is 5.32 Å². The first kappa shape index (κ1) is 10.7. The van der Waals surface area contributed by atoms with Crippen LogP contribution in [-0.4, -0.2) is 20.7 Å². The second-order valence-electron chi connectivity index (χ2n) is 6.75. The summed E-state index contributed by atoms with van der Waals surface area (Å²) in [5.74, 6) is 0. The van der Waals surface area contributed by atoms with Crippen LogP contribution in [-0.2, 0) is 0 Å². The van der Waals surface area contributed by atoms with E-state index in [0.717, 1.165) is 11.5 Å². The molecule has 2 fully saturated rings. The van der Waals surface area contributed by atoms with Crippen LogP contribution in [0.4, 0.5) is 0 Å². The molecular weight excluding hydrogens is 186 g/mol. The molecule has 0 aromatic carbocycles. The molecule has 0 atom stereocenters. The Kier molecular flexibility index (Phi) is 2.78. The lowest BCUT2D eigenvalue weighted by atomic mass is 9.70. The van der Waals surface area contributed by atoms with Crippen molar-refractivity contribution in [2.45, 2.75) is 63.8 Å². The van der Waals surface area contributed by atoms with Gasteiger partial charge in [-0.2, -0.15) is 0 Å². The lowest BCUT2D eigenvalue weighted by molar-refractivity contribution is 0.154. The Labute approximate surface area is 89.7 Å². The Balaban J connectivity index is 1.81. The molecule has 0 amide bonds. The van der Waals surface area contributed by atoms with Gasteiger partial charge in [-0.25, -0.2) is 0 Å². The summed E-state index contributed by atoms with van der Waals surface area (Å²) in [6.07, 6.45) is 7.34. The fourth-order valence-electron chi connectivity index (χ4n) is 2.87. The van der Waals surface area contributed by atoms with Gasteiger partial charge in [0.05, 0.1) is 0 Å². The van der Waals surface area contributed by atoms with E-state index in [1.165, 1.54) is 38.6 Å². The Morgan fingerprint density at radius 3 is 2.21 bits per heavy atom. The molecule has 2 heteroatoms. The van der Waals surface area contributed by atoms with Crippen LogP contribution in [0.25, 0.3) is 0 Å². The third kappa shape index (κ3) is 2.83. The van der Waals surface area contributed by atoms with Crippen molar-refractivity contribution in [1.29, 1.82) is 0 Å². The Hall–Kier alpha value is 0.177. The molecule has 0 unspecified atom stereocenters. The summed E-state index contributed by atoms with van der Waals surface area (Å²) in [7, 11) is -0.854. The molecule has 82 valence electrons. The van der Waals surface area contributed by atoms with E-state index in [-0.39, 0.29) is 0 Å². The van der Waals surface area contributed by atoms with Gasteiger partial charge in [-0.15, -0.1) is 0 Å². The number of nitrogens with one attached hydrogen (secondary N) is 1. The van der Waals surface area contributed by atoms with Crippen molar-refractivity contribution in [2.24, 2.45) is 5.41 Å². The summed E-state index contributed by atoms with van der Waals surface area (Å²) in [5, 5.41) is 3.74. The van der Waals surface area contributed by atoms with Crippen molar-refractivity contribution in [1.82, 2.24) is 5.32 Å². The molecule has 0 bridgehead atoms. The minimum Gasteiger partial charge on any atom is -0.313 e. The standard InChI is InChI=1S/C12H25NSi/c1-14(2,3)10-12(7-4-8-12)9-13-11-5-6-11/h11,13H,4-10H2,1-3H3. The lowest BCUT2D eigenvalue weighted by Gasteiger charge is -2.45. The van der Waals surface area contributed by atoms with Crippen LogP contribution >= 0.6 is 0 Å². The molecule has 0 spiro atoms. The summed E-state index contributed by atoms with van der Waals surface area (Å²) in [4.78, 5) is 0. The van der Waals surface area contributed by atoms with Gasteiger partial charge in [0, 0.05) is 20.7 Å². The van der Waals surface area contributed by atoms with Crippen LogP contribution in [0, 0.1) is 5.41 Å². The maximum atomic E-state index is 3.74. The Bertz CT molecular complexity index is 199. The fourth-order valence-corrected chi connectivity index (χ4v) is 5.59. The fraction of sp³-hybridized carbons (Fsp3) is 1.00. The molecule has 2 aliphatic rings. The molecule has 0 aliphatic heterocycles. The first-order valence-electron chi connectivity index (χ1n) is 6.23. The summed E-state index contributed by atoms with van der Waals surface area (Å²) >= 11 is 0. The zero-order chi connectivity index (χ0) is 10.2. The van der Waals surface area contributed by atoms with Gasteiger partial charge in [-0.05, 0) is 31.1 Å². The summed E-state index contributed by atoms with van der Waals surface area (Å²) < 4.78 is 0. The van der Waals surface area contributed by atoms with Crippen molar-refractivity contribution < 1.29 is 0 Å². The van der Waals surface area contributed by atoms with E-state index in [1.807, 2.05) is 0 Å². The van der Waals surface area contributed by atoms with Gasteiger partial charge in [0.1, 0.15) is 0 Å². The van der Waals surface area contributed by atoms with E-state index >= 15 is 0 Å². The molecule has 2 rings (SSSR count). The van der Waals surface area contributed by atoms with Crippen LogP contribution in [0.1, 0.15) is 32.1 Å².